The van der Waals surface area contributed by atoms with Gasteiger partial charge in [0, 0.05) is 11.1 Å². The molecule has 1 aromatic rings. The molecular formula is C17H30N2. The minimum Gasteiger partial charge on any atom is -0.325 e. The fourth-order valence-corrected chi connectivity index (χ4v) is 2.56. The van der Waals surface area contributed by atoms with Crippen molar-refractivity contribution in [2.24, 2.45) is 11.5 Å². The van der Waals surface area contributed by atoms with Gasteiger partial charge >= 0.3 is 0 Å². The van der Waals surface area contributed by atoms with Crippen molar-refractivity contribution >= 4 is 0 Å². The summed E-state index contributed by atoms with van der Waals surface area (Å²) in [6.07, 6.45) is 4.86. The largest absolute Gasteiger partial charge is 0.325 e. The molecule has 0 fully saturated rings. The molecule has 2 heteroatoms. The Balaban J connectivity index is 3.01. The fourth-order valence-electron chi connectivity index (χ4n) is 2.56. The Bertz CT molecular complexity index is 390. The second-order valence-electron chi connectivity index (χ2n) is 5.81. The van der Waals surface area contributed by atoms with Crippen LogP contribution in [0.3, 0.4) is 0 Å². The Morgan fingerprint density at radius 3 is 1.95 bits per heavy atom. The molecule has 0 unspecified atom stereocenters. The second-order valence-corrected chi connectivity index (χ2v) is 5.81. The maximum atomic E-state index is 6.48. The third-order valence-electron chi connectivity index (χ3n) is 4.73. The smallest absolute Gasteiger partial charge is 0.0404 e. The summed E-state index contributed by atoms with van der Waals surface area (Å²) in [6, 6.07) is 8.68. The number of nitrogens with two attached hydrogens (primary N) is 2. The molecule has 2 nitrogen and oxygen atoms in total. The lowest BCUT2D eigenvalue weighted by Gasteiger charge is -2.30. The highest BCUT2D eigenvalue weighted by molar-refractivity contribution is 5.30. The predicted molar refractivity (Wildman–Crippen MR) is 84.1 cm³/mol. The first-order chi connectivity index (χ1) is 8.93. The SMILES string of the molecule is CCC(N)(CC)Cc1cccc(C(N)(CC)CC)c1. The van der Waals surface area contributed by atoms with E-state index in [4.69, 9.17) is 11.5 Å². The van der Waals surface area contributed by atoms with Crippen molar-refractivity contribution in [2.75, 3.05) is 0 Å². The number of hydrogen-bond acceptors (Lipinski definition) is 2. The van der Waals surface area contributed by atoms with E-state index in [-0.39, 0.29) is 11.1 Å². The number of hydrogen-bond donors (Lipinski definition) is 2. The van der Waals surface area contributed by atoms with Crippen molar-refractivity contribution in [1.82, 2.24) is 0 Å². The zero-order valence-electron chi connectivity index (χ0n) is 13.0. The zero-order valence-corrected chi connectivity index (χ0v) is 13.0. The van der Waals surface area contributed by atoms with E-state index in [0.29, 0.717) is 0 Å². The quantitative estimate of drug-likeness (QED) is 0.787. The fraction of sp³-hybridized carbons (Fsp3) is 0.647. The summed E-state index contributed by atoms with van der Waals surface area (Å²) in [5.41, 5.74) is 15.2. The van der Waals surface area contributed by atoms with Crippen LogP contribution in [0.4, 0.5) is 0 Å². The maximum Gasteiger partial charge on any atom is 0.0404 e. The summed E-state index contributed by atoms with van der Waals surface area (Å²) in [7, 11) is 0. The van der Waals surface area contributed by atoms with Gasteiger partial charge < -0.3 is 11.5 Å². The lowest BCUT2D eigenvalue weighted by molar-refractivity contribution is 0.390. The van der Waals surface area contributed by atoms with Gasteiger partial charge in [-0.25, -0.2) is 0 Å². The predicted octanol–water partition coefficient (Wildman–Crippen LogP) is 3.72. The van der Waals surface area contributed by atoms with E-state index in [0.717, 1.165) is 32.1 Å². The molecule has 0 aromatic heterocycles. The minimum absolute atomic E-state index is 0.0890. The average Bonchev–Trinajstić information content (AvgIpc) is 2.46. The van der Waals surface area contributed by atoms with Gasteiger partial charge in [0.05, 0.1) is 0 Å². The highest BCUT2D eigenvalue weighted by atomic mass is 14.7. The van der Waals surface area contributed by atoms with Crippen LogP contribution in [0.15, 0.2) is 24.3 Å². The normalized spacial score (nSPS) is 12.7. The van der Waals surface area contributed by atoms with Gasteiger partial charge in [0.1, 0.15) is 0 Å². The molecule has 0 spiro atoms. The van der Waals surface area contributed by atoms with Crippen LogP contribution in [-0.4, -0.2) is 5.54 Å². The summed E-state index contributed by atoms with van der Waals surface area (Å²) < 4.78 is 0. The molecule has 0 bridgehead atoms. The van der Waals surface area contributed by atoms with Gasteiger partial charge in [-0.3, -0.25) is 0 Å². The Labute approximate surface area is 118 Å². The van der Waals surface area contributed by atoms with Crippen LogP contribution in [0.5, 0.6) is 0 Å². The molecule has 4 N–H and O–H groups in total. The van der Waals surface area contributed by atoms with Crippen molar-refractivity contribution < 1.29 is 0 Å². The second kappa shape index (κ2) is 6.53. The summed E-state index contributed by atoms with van der Waals surface area (Å²) in [6.45, 7) is 8.64. The molecule has 0 atom stereocenters. The van der Waals surface area contributed by atoms with Crippen LogP contribution >= 0.6 is 0 Å². The molecule has 108 valence electrons. The molecule has 0 aliphatic heterocycles. The van der Waals surface area contributed by atoms with Gasteiger partial charge in [0.15, 0.2) is 0 Å². The van der Waals surface area contributed by atoms with Crippen LogP contribution in [0, 0.1) is 0 Å². The van der Waals surface area contributed by atoms with Gasteiger partial charge in [-0.05, 0) is 43.2 Å². The third-order valence-corrected chi connectivity index (χ3v) is 4.73. The topological polar surface area (TPSA) is 52.0 Å². The molecular weight excluding hydrogens is 232 g/mol. The summed E-state index contributed by atoms with van der Waals surface area (Å²) in [4.78, 5) is 0. The van der Waals surface area contributed by atoms with Crippen LogP contribution in [0.1, 0.15) is 64.5 Å². The maximum absolute atomic E-state index is 6.48. The summed E-state index contributed by atoms with van der Waals surface area (Å²) in [5.74, 6) is 0. The molecule has 0 radical (unpaired) electrons. The summed E-state index contributed by atoms with van der Waals surface area (Å²) >= 11 is 0. The first kappa shape index (κ1) is 16.2. The first-order valence-electron chi connectivity index (χ1n) is 7.60. The Hall–Kier alpha value is -0.860. The molecule has 0 aliphatic rings. The van der Waals surface area contributed by atoms with Gasteiger partial charge in [-0.2, -0.15) is 0 Å². The molecule has 0 saturated carbocycles. The van der Waals surface area contributed by atoms with Crippen molar-refractivity contribution in [3.8, 4) is 0 Å². The van der Waals surface area contributed by atoms with Crippen LogP contribution in [-0.2, 0) is 12.0 Å². The van der Waals surface area contributed by atoms with Gasteiger partial charge in [-0.1, -0.05) is 52.0 Å². The molecule has 0 aliphatic carbocycles. The standard InChI is InChI=1S/C17H30N2/c1-5-16(18,6-2)13-14-10-9-11-15(12-14)17(19,7-3)8-4/h9-12H,5-8,13,18-19H2,1-4H3. The van der Waals surface area contributed by atoms with Crippen molar-refractivity contribution in [3.05, 3.63) is 35.4 Å². The Kier molecular flexibility index (Phi) is 5.57. The van der Waals surface area contributed by atoms with Crippen molar-refractivity contribution in [1.29, 1.82) is 0 Å². The van der Waals surface area contributed by atoms with Gasteiger partial charge in [0.25, 0.3) is 0 Å². The van der Waals surface area contributed by atoms with E-state index in [1.165, 1.54) is 11.1 Å². The lowest BCUT2D eigenvalue weighted by Crippen LogP contribution is -2.41. The number of rotatable bonds is 7. The average molecular weight is 262 g/mol. The van der Waals surface area contributed by atoms with E-state index < -0.39 is 0 Å². The summed E-state index contributed by atoms with van der Waals surface area (Å²) in [5, 5.41) is 0. The zero-order chi connectivity index (χ0) is 14.5. The van der Waals surface area contributed by atoms with Gasteiger partial charge in [-0.15, -0.1) is 0 Å². The van der Waals surface area contributed by atoms with E-state index in [9.17, 15) is 0 Å². The van der Waals surface area contributed by atoms with Crippen molar-refractivity contribution in [2.45, 2.75) is 70.9 Å². The Morgan fingerprint density at radius 1 is 0.895 bits per heavy atom. The first-order valence-corrected chi connectivity index (χ1v) is 7.60. The molecule has 1 aromatic carbocycles. The minimum atomic E-state index is -0.203. The molecule has 1 rings (SSSR count). The van der Waals surface area contributed by atoms with E-state index in [1.54, 1.807) is 0 Å². The van der Waals surface area contributed by atoms with Crippen molar-refractivity contribution in [3.63, 3.8) is 0 Å². The molecule has 0 saturated heterocycles. The monoisotopic (exact) mass is 262 g/mol. The lowest BCUT2D eigenvalue weighted by atomic mass is 9.82. The molecule has 0 amide bonds. The Morgan fingerprint density at radius 2 is 1.47 bits per heavy atom. The number of benzene rings is 1. The highest BCUT2D eigenvalue weighted by Gasteiger charge is 2.25. The third kappa shape index (κ3) is 3.80. The van der Waals surface area contributed by atoms with Crippen LogP contribution in [0.25, 0.3) is 0 Å². The van der Waals surface area contributed by atoms with E-state index in [2.05, 4.69) is 52.0 Å². The van der Waals surface area contributed by atoms with Crippen LogP contribution < -0.4 is 11.5 Å². The molecule has 0 heterocycles. The van der Waals surface area contributed by atoms with Gasteiger partial charge in [0.2, 0.25) is 0 Å². The molecule has 19 heavy (non-hydrogen) atoms. The van der Waals surface area contributed by atoms with E-state index in [1.807, 2.05) is 0 Å². The van der Waals surface area contributed by atoms with Crippen LogP contribution in [0.2, 0.25) is 0 Å². The van der Waals surface area contributed by atoms with E-state index >= 15 is 0 Å². The highest BCUT2D eigenvalue weighted by Crippen LogP contribution is 2.27.